The van der Waals surface area contributed by atoms with Gasteiger partial charge in [-0.3, -0.25) is 9.69 Å². The van der Waals surface area contributed by atoms with Crippen molar-refractivity contribution in [3.05, 3.63) is 59.8 Å². The van der Waals surface area contributed by atoms with Gasteiger partial charge < -0.3 is 10.5 Å². The van der Waals surface area contributed by atoms with E-state index in [-0.39, 0.29) is 18.1 Å². The van der Waals surface area contributed by atoms with Crippen molar-refractivity contribution in [2.75, 3.05) is 13.1 Å². The molecule has 5 nitrogen and oxygen atoms in total. The van der Waals surface area contributed by atoms with E-state index in [4.69, 9.17) is 10.5 Å². The minimum Gasteiger partial charge on any atom is -0.458 e. The topological polar surface area (TPSA) is 68.5 Å². The molecule has 1 aromatic heterocycles. The lowest BCUT2D eigenvalue weighted by atomic mass is 9.95. The first-order valence-corrected chi connectivity index (χ1v) is 8.84. The largest absolute Gasteiger partial charge is 0.458 e. The molecule has 2 N–H and O–H groups in total. The van der Waals surface area contributed by atoms with E-state index in [2.05, 4.69) is 28.9 Å². The Labute approximate surface area is 148 Å². The van der Waals surface area contributed by atoms with Crippen LogP contribution in [0.4, 0.5) is 0 Å². The summed E-state index contributed by atoms with van der Waals surface area (Å²) < 4.78 is 6.05. The van der Waals surface area contributed by atoms with E-state index in [1.54, 1.807) is 0 Å². The van der Waals surface area contributed by atoms with Crippen LogP contribution in [0.2, 0.25) is 0 Å². The molecular formula is C20H25N3O2. The third-order valence-electron chi connectivity index (χ3n) is 4.77. The highest BCUT2D eigenvalue weighted by Gasteiger charge is 2.31. The van der Waals surface area contributed by atoms with E-state index in [9.17, 15) is 4.79 Å². The van der Waals surface area contributed by atoms with Crippen LogP contribution < -0.4 is 10.5 Å². The molecule has 1 aliphatic heterocycles. The highest BCUT2D eigenvalue weighted by Crippen LogP contribution is 2.25. The van der Waals surface area contributed by atoms with E-state index < -0.39 is 0 Å². The number of piperidine rings is 1. The second-order valence-electron chi connectivity index (χ2n) is 6.49. The summed E-state index contributed by atoms with van der Waals surface area (Å²) in [6, 6.07) is 14.3. The molecule has 0 bridgehead atoms. The Morgan fingerprint density at radius 3 is 2.68 bits per heavy atom. The molecule has 1 amide bonds. The summed E-state index contributed by atoms with van der Waals surface area (Å²) in [5, 5.41) is 0. The lowest BCUT2D eigenvalue weighted by Gasteiger charge is -2.37. The minimum atomic E-state index is -0.240. The zero-order valence-corrected chi connectivity index (χ0v) is 14.6. The summed E-state index contributed by atoms with van der Waals surface area (Å²) in [4.78, 5) is 18.2. The smallest absolute Gasteiger partial charge is 0.220 e. The predicted molar refractivity (Wildman–Crippen MR) is 97.1 cm³/mol. The lowest BCUT2D eigenvalue weighted by Crippen LogP contribution is -2.48. The summed E-state index contributed by atoms with van der Waals surface area (Å²) in [7, 11) is 0. The Bertz CT molecular complexity index is 688. The number of carbonyl (C=O) groups excluding carboxylic acids is 1. The van der Waals surface area contributed by atoms with Crippen molar-refractivity contribution in [3.63, 3.8) is 0 Å². The number of pyridine rings is 1. The van der Waals surface area contributed by atoms with Crippen LogP contribution in [-0.4, -0.2) is 35.1 Å². The maximum atomic E-state index is 11.5. The standard InChI is InChI=1S/C20H25N3O2/c1-2-23-11-10-17(20(21)24)13-19(23)25-18-9-8-16(14-22-18)12-15-6-4-3-5-7-15/h3-9,14,17,19H,2,10-13H2,1H3,(H2,21,24). The summed E-state index contributed by atoms with van der Waals surface area (Å²) in [6.45, 7) is 3.79. The summed E-state index contributed by atoms with van der Waals surface area (Å²) in [5.74, 6) is 0.228. The summed E-state index contributed by atoms with van der Waals surface area (Å²) >= 11 is 0. The first-order chi connectivity index (χ1) is 12.2. The van der Waals surface area contributed by atoms with Gasteiger partial charge in [-0.25, -0.2) is 4.98 Å². The molecule has 1 saturated heterocycles. The Balaban J connectivity index is 1.64. The maximum absolute atomic E-state index is 11.5. The number of rotatable bonds is 6. The second-order valence-corrected chi connectivity index (χ2v) is 6.49. The first kappa shape index (κ1) is 17.4. The number of carbonyl (C=O) groups is 1. The van der Waals surface area contributed by atoms with Gasteiger partial charge in [-0.15, -0.1) is 0 Å². The molecule has 132 valence electrons. The van der Waals surface area contributed by atoms with Gasteiger partial charge in [-0.05, 0) is 30.5 Å². The molecule has 0 aliphatic carbocycles. The Kier molecular flexibility index (Phi) is 5.66. The molecule has 2 heterocycles. The van der Waals surface area contributed by atoms with E-state index in [1.807, 2.05) is 36.5 Å². The van der Waals surface area contributed by atoms with Gasteiger partial charge >= 0.3 is 0 Å². The first-order valence-electron chi connectivity index (χ1n) is 8.84. The van der Waals surface area contributed by atoms with E-state index in [0.29, 0.717) is 12.3 Å². The zero-order chi connectivity index (χ0) is 17.6. The average Bonchev–Trinajstić information content (AvgIpc) is 2.64. The molecule has 0 radical (unpaired) electrons. The molecule has 25 heavy (non-hydrogen) atoms. The monoisotopic (exact) mass is 339 g/mol. The number of primary amides is 1. The van der Waals surface area contributed by atoms with E-state index in [0.717, 1.165) is 31.5 Å². The molecular weight excluding hydrogens is 314 g/mol. The van der Waals surface area contributed by atoms with E-state index >= 15 is 0 Å². The molecule has 5 heteroatoms. The highest BCUT2D eigenvalue weighted by molar-refractivity contribution is 5.76. The Morgan fingerprint density at radius 2 is 2.04 bits per heavy atom. The van der Waals surface area contributed by atoms with Gasteiger partial charge in [0, 0.05) is 31.1 Å². The Morgan fingerprint density at radius 1 is 1.24 bits per heavy atom. The van der Waals surface area contributed by atoms with Gasteiger partial charge in [0.2, 0.25) is 11.8 Å². The maximum Gasteiger partial charge on any atom is 0.220 e. The molecule has 1 fully saturated rings. The molecule has 2 aromatic rings. The van der Waals surface area contributed by atoms with Crippen LogP contribution in [0.15, 0.2) is 48.7 Å². The van der Waals surface area contributed by atoms with Crippen LogP contribution in [0.25, 0.3) is 0 Å². The van der Waals surface area contributed by atoms with Crippen LogP contribution >= 0.6 is 0 Å². The average molecular weight is 339 g/mol. The fraction of sp³-hybridized carbons (Fsp3) is 0.400. The number of nitrogens with zero attached hydrogens (tertiary/aromatic N) is 2. The molecule has 0 saturated carbocycles. The van der Waals surface area contributed by atoms with Crippen LogP contribution in [0.1, 0.15) is 30.9 Å². The fourth-order valence-electron chi connectivity index (χ4n) is 3.27. The van der Waals surface area contributed by atoms with Crippen molar-refractivity contribution in [2.45, 2.75) is 32.4 Å². The van der Waals surface area contributed by atoms with Crippen molar-refractivity contribution in [1.29, 1.82) is 0 Å². The van der Waals surface area contributed by atoms with Crippen molar-refractivity contribution in [2.24, 2.45) is 11.7 Å². The highest BCUT2D eigenvalue weighted by atomic mass is 16.5. The molecule has 2 atom stereocenters. The van der Waals surface area contributed by atoms with Crippen LogP contribution in [0.5, 0.6) is 5.88 Å². The number of likely N-dealkylation sites (tertiary alicyclic amines) is 1. The third kappa shape index (κ3) is 4.57. The van der Waals surface area contributed by atoms with Crippen LogP contribution in [-0.2, 0) is 11.2 Å². The second kappa shape index (κ2) is 8.12. The number of aromatic nitrogens is 1. The van der Waals surface area contributed by atoms with Gasteiger partial charge in [0.15, 0.2) is 6.23 Å². The fourth-order valence-corrected chi connectivity index (χ4v) is 3.27. The number of hydrogen-bond acceptors (Lipinski definition) is 4. The Hall–Kier alpha value is -2.40. The van der Waals surface area contributed by atoms with Crippen molar-refractivity contribution >= 4 is 5.91 Å². The number of amides is 1. The van der Waals surface area contributed by atoms with Gasteiger partial charge in [0.25, 0.3) is 0 Å². The van der Waals surface area contributed by atoms with Gasteiger partial charge in [-0.1, -0.05) is 43.3 Å². The molecule has 2 unspecified atom stereocenters. The molecule has 0 spiro atoms. The third-order valence-corrected chi connectivity index (χ3v) is 4.77. The zero-order valence-electron chi connectivity index (χ0n) is 14.6. The number of nitrogens with two attached hydrogens (primary N) is 1. The SMILES string of the molecule is CCN1CCC(C(N)=O)CC1Oc1ccc(Cc2ccccc2)cn1. The molecule has 1 aromatic carbocycles. The van der Waals surface area contributed by atoms with Crippen molar-refractivity contribution in [1.82, 2.24) is 9.88 Å². The van der Waals surface area contributed by atoms with Crippen LogP contribution in [0.3, 0.4) is 0 Å². The minimum absolute atomic E-state index is 0.120. The number of benzene rings is 1. The number of ether oxygens (including phenoxy) is 1. The van der Waals surface area contributed by atoms with Crippen molar-refractivity contribution in [3.8, 4) is 5.88 Å². The quantitative estimate of drug-likeness (QED) is 0.878. The lowest BCUT2D eigenvalue weighted by molar-refractivity contribution is -0.126. The summed E-state index contributed by atoms with van der Waals surface area (Å²) in [6.07, 6.45) is 3.97. The predicted octanol–water partition coefficient (Wildman–Crippen LogP) is 2.59. The molecule has 1 aliphatic rings. The normalized spacial score (nSPS) is 21.0. The van der Waals surface area contributed by atoms with E-state index in [1.165, 1.54) is 5.56 Å². The molecule has 3 rings (SSSR count). The van der Waals surface area contributed by atoms with Crippen molar-refractivity contribution < 1.29 is 9.53 Å². The summed E-state index contributed by atoms with van der Waals surface area (Å²) in [5.41, 5.74) is 7.87. The van der Waals surface area contributed by atoms with Gasteiger partial charge in [0.05, 0.1) is 0 Å². The number of hydrogen-bond donors (Lipinski definition) is 1. The van der Waals surface area contributed by atoms with Crippen LogP contribution in [0, 0.1) is 5.92 Å². The van der Waals surface area contributed by atoms with Gasteiger partial charge in [-0.2, -0.15) is 0 Å². The van der Waals surface area contributed by atoms with Gasteiger partial charge in [0.1, 0.15) is 0 Å².